The summed E-state index contributed by atoms with van der Waals surface area (Å²) < 4.78 is 6.48. The van der Waals surface area contributed by atoms with Crippen LogP contribution in [0.2, 0.25) is 0 Å². The Morgan fingerprint density at radius 2 is 1.83 bits per heavy atom. The molecule has 1 heterocycles. The van der Waals surface area contributed by atoms with E-state index >= 15 is 0 Å². The molecule has 0 saturated carbocycles. The Kier molecular flexibility index (Phi) is 2.72. The van der Waals surface area contributed by atoms with Crippen LogP contribution in [0.1, 0.15) is 0 Å². The van der Waals surface area contributed by atoms with E-state index < -0.39 is 0 Å². The number of aromatic nitrogens is 1. The Morgan fingerprint density at radius 3 is 2.61 bits per heavy atom. The van der Waals surface area contributed by atoms with Crippen LogP contribution < -0.4 is 5.56 Å². The van der Waals surface area contributed by atoms with E-state index in [0.717, 1.165) is 10.0 Å². The molecule has 0 aliphatic heterocycles. The van der Waals surface area contributed by atoms with Crippen molar-refractivity contribution in [2.75, 3.05) is 0 Å². The molecule has 0 fully saturated rings. The highest BCUT2D eigenvalue weighted by Gasteiger charge is 2.08. The van der Waals surface area contributed by atoms with E-state index in [2.05, 4.69) is 20.9 Å². The Labute approximate surface area is 111 Å². The van der Waals surface area contributed by atoms with Crippen molar-refractivity contribution in [3.8, 4) is 11.5 Å². The number of rotatable bonds is 1. The van der Waals surface area contributed by atoms with Gasteiger partial charge >= 0.3 is 0 Å². The van der Waals surface area contributed by atoms with Crippen LogP contribution in [-0.4, -0.2) is 4.98 Å². The van der Waals surface area contributed by atoms with Gasteiger partial charge in [0.05, 0.1) is 5.39 Å². The van der Waals surface area contributed by atoms with Crippen LogP contribution in [0.15, 0.2) is 62.2 Å². The summed E-state index contributed by atoms with van der Waals surface area (Å²) in [5, 5.41) is 0.476. The monoisotopic (exact) mass is 301 g/mol. The number of fused-ring (bicyclic) bond motifs is 1. The minimum atomic E-state index is -0.281. The first kappa shape index (κ1) is 11.2. The SMILES string of the molecule is O=c1nc(-c2ccccc2)oc2ccc(Br)cc12. The van der Waals surface area contributed by atoms with Crippen molar-refractivity contribution in [2.45, 2.75) is 0 Å². The lowest BCUT2D eigenvalue weighted by Gasteiger charge is -2.01. The maximum Gasteiger partial charge on any atom is 0.284 e. The second-order valence-electron chi connectivity index (χ2n) is 3.83. The molecule has 3 rings (SSSR count). The summed E-state index contributed by atoms with van der Waals surface area (Å²) in [6.07, 6.45) is 0. The molecule has 0 spiro atoms. The highest BCUT2D eigenvalue weighted by atomic mass is 79.9. The van der Waals surface area contributed by atoms with Crippen LogP contribution in [0.5, 0.6) is 0 Å². The van der Waals surface area contributed by atoms with Gasteiger partial charge in [0, 0.05) is 10.0 Å². The zero-order valence-corrected chi connectivity index (χ0v) is 10.8. The van der Waals surface area contributed by atoms with Gasteiger partial charge in [-0.2, -0.15) is 4.98 Å². The Morgan fingerprint density at radius 1 is 1.06 bits per heavy atom. The van der Waals surface area contributed by atoms with E-state index in [0.29, 0.717) is 16.9 Å². The average molecular weight is 302 g/mol. The van der Waals surface area contributed by atoms with Crippen LogP contribution >= 0.6 is 15.9 Å². The van der Waals surface area contributed by atoms with Gasteiger partial charge in [-0.3, -0.25) is 4.79 Å². The number of benzene rings is 2. The topological polar surface area (TPSA) is 43.1 Å². The fraction of sp³-hybridized carbons (Fsp3) is 0. The van der Waals surface area contributed by atoms with Gasteiger partial charge in [-0.1, -0.05) is 34.1 Å². The van der Waals surface area contributed by atoms with E-state index in [1.165, 1.54) is 0 Å². The van der Waals surface area contributed by atoms with Crippen molar-refractivity contribution < 1.29 is 4.42 Å². The molecule has 2 aromatic carbocycles. The average Bonchev–Trinajstić information content (AvgIpc) is 2.40. The van der Waals surface area contributed by atoms with E-state index in [4.69, 9.17) is 4.42 Å². The molecule has 0 amide bonds. The largest absolute Gasteiger partial charge is 0.437 e. The van der Waals surface area contributed by atoms with E-state index in [1.54, 1.807) is 12.1 Å². The number of hydrogen-bond donors (Lipinski definition) is 0. The smallest absolute Gasteiger partial charge is 0.284 e. The van der Waals surface area contributed by atoms with Crippen LogP contribution in [0.3, 0.4) is 0 Å². The van der Waals surface area contributed by atoms with Crippen molar-refractivity contribution in [1.29, 1.82) is 0 Å². The number of halogens is 1. The first-order valence-corrected chi connectivity index (χ1v) is 6.19. The van der Waals surface area contributed by atoms with E-state index in [9.17, 15) is 4.79 Å². The summed E-state index contributed by atoms with van der Waals surface area (Å²) in [6.45, 7) is 0. The fourth-order valence-corrected chi connectivity index (χ4v) is 2.10. The molecule has 0 aliphatic carbocycles. The maximum atomic E-state index is 11.9. The van der Waals surface area contributed by atoms with Crippen molar-refractivity contribution in [3.05, 3.63) is 63.4 Å². The second-order valence-corrected chi connectivity index (χ2v) is 4.75. The summed E-state index contributed by atoms with van der Waals surface area (Å²) >= 11 is 3.32. The molecule has 0 bridgehead atoms. The summed E-state index contributed by atoms with van der Waals surface area (Å²) in [7, 11) is 0. The highest BCUT2D eigenvalue weighted by molar-refractivity contribution is 9.10. The predicted octanol–water partition coefficient (Wildman–Crippen LogP) is 3.62. The van der Waals surface area contributed by atoms with E-state index in [-0.39, 0.29) is 5.56 Å². The zero-order chi connectivity index (χ0) is 12.5. The summed E-state index contributed by atoms with van der Waals surface area (Å²) in [5.74, 6) is 0.343. The van der Waals surface area contributed by atoms with Crippen molar-refractivity contribution in [1.82, 2.24) is 4.98 Å². The van der Waals surface area contributed by atoms with Crippen molar-refractivity contribution >= 4 is 26.9 Å². The lowest BCUT2D eigenvalue weighted by atomic mass is 10.2. The Bertz CT molecular complexity index is 766. The molecule has 88 valence electrons. The molecule has 0 saturated heterocycles. The summed E-state index contributed by atoms with van der Waals surface area (Å²) in [5.41, 5.74) is 1.05. The molecule has 3 nitrogen and oxygen atoms in total. The lowest BCUT2D eigenvalue weighted by Crippen LogP contribution is -2.07. The van der Waals surface area contributed by atoms with Gasteiger partial charge in [-0.25, -0.2) is 0 Å². The van der Waals surface area contributed by atoms with Crippen molar-refractivity contribution in [3.63, 3.8) is 0 Å². The molecule has 0 N–H and O–H groups in total. The fourth-order valence-electron chi connectivity index (χ4n) is 1.74. The number of hydrogen-bond acceptors (Lipinski definition) is 3. The summed E-state index contributed by atoms with van der Waals surface area (Å²) in [4.78, 5) is 15.9. The van der Waals surface area contributed by atoms with Gasteiger partial charge in [0.2, 0.25) is 5.89 Å². The van der Waals surface area contributed by atoms with Gasteiger partial charge in [0.25, 0.3) is 5.56 Å². The van der Waals surface area contributed by atoms with Gasteiger partial charge in [-0.15, -0.1) is 0 Å². The molecular formula is C14H8BrNO2. The first-order chi connectivity index (χ1) is 8.74. The quantitative estimate of drug-likeness (QED) is 0.689. The minimum absolute atomic E-state index is 0.281. The predicted molar refractivity (Wildman–Crippen MR) is 73.4 cm³/mol. The highest BCUT2D eigenvalue weighted by Crippen LogP contribution is 2.21. The normalized spacial score (nSPS) is 10.7. The van der Waals surface area contributed by atoms with Crippen molar-refractivity contribution in [2.24, 2.45) is 0 Å². The van der Waals surface area contributed by atoms with Crippen LogP contribution in [0, 0.1) is 0 Å². The Balaban J connectivity index is 2.29. The Hall–Kier alpha value is -1.94. The maximum absolute atomic E-state index is 11.9. The lowest BCUT2D eigenvalue weighted by molar-refractivity contribution is 0.595. The summed E-state index contributed by atoms with van der Waals surface area (Å²) in [6, 6.07) is 14.7. The minimum Gasteiger partial charge on any atom is -0.437 e. The van der Waals surface area contributed by atoms with Gasteiger partial charge in [0.15, 0.2) is 0 Å². The molecule has 0 unspecified atom stereocenters. The number of nitrogens with zero attached hydrogens (tertiary/aromatic N) is 1. The van der Waals surface area contributed by atoms with Gasteiger partial charge in [0.1, 0.15) is 5.58 Å². The molecule has 1 aromatic heterocycles. The molecule has 3 aromatic rings. The third-order valence-corrected chi connectivity index (χ3v) is 3.10. The molecule has 18 heavy (non-hydrogen) atoms. The molecule has 4 heteroatoms. The van der Waals surface area contributed by atoms with E-state index in [1.807, 2.05) is 36.4 Å². The molecule has 0 atom stereocenters. The third kappa shape index (κ3) is 1.95. The van der Waals surface area contributed by atoms with Crippen LogP contribution in [0.25, 0.3) is 22.4 Å². The molecule has 0 aliphatic rings. The second kappa shape index (κ2) is 4.38. The third-order valence-electron chi connectivity index (χ3n) is 2.60. The standard InChI is InChI=1S/C14H8BrNO2/c15-10-6-7-12-11(8-10)13(17)16-14(18-12)9-4-2-1-3-5-9/h1-8H. The van der Waals surface area contributed by atoms with Crippen LogP contribution in [-0.2, 0) is 0 Å². The van der Waals surface area contributed by atoms with Gasteiger partial charge in [-0.05, 0) is 30.3 Å². The van der Waals surface area contributed by atoms with Crippen LogP contribution in [0.4, 0.5) is 0 Å². The van der Waals surface area contributed by atoms with Gasteiger partial charge < -0.3 is 4.42 Å². The first-order valence-electron chi connectivity index (χ1n) is 5.40. The molecular weight excluding hydrogens is 294 g/mol. The zero-order valence-electron chi connectivity index (χ0n) is 9.26. The molecule has 0 radical (unpaired) electrons.